The van der Waals surface area contributed by atoms with E-state index in [0.29, 0.717) is 32.1 Å². The minimum atomic E-state index is -0.0534. The molecule has 2 fully saturated rings. The van der Waals surface area contributed by atoms with Crippen LogP contribution in [0.1, 0.15) is 25.7 Å². The normalized spacial score (nSPS) is 20.3. The van der Waals surface area contributed by atoms with Crippen LogP contribution in [-0.2, 0) is 4.74 Å². The van der Waals surface area contributed by atoms with Gasteiger partial charge in [0.05, 0.1) is 6.10 Å². The van der Waals surface area contributed by atoms with Crippen molar-refractivity contribution >= 4 is 17.7 Å². The summed E-state index contributed by atoms with van der Waals surface area (Å²) < 4.78 is 5.53. The number of rotatable bonds is 5. The van der Waals surface area contributed by atoms with Crippen molar-refractivity contribution in [2.75, 3.05) is 45.2 Å². The molecular formula is C20H30N4O3. The summed E-state index contributed by atoms with van der Waals surface area (Å²) in [4.78, 5) is 28.2. The molecule has 148 valence electrons. The van der Waals surface area contributed by atoms with Gasteiger partial charge in [-0.3, -0.25) is 0 Å². The summed E-state index contributed by atoms with van der Waals surface area (Å²) in [6.45, 7) is 3.53. The Hall–Kier alpha value is -2.28. The number of carbonyl (C=O) groups is 2. The highest BCUT2D eigenvalue weighted by atomic mass is 16.5. The molecule has 27 heavy (non-hydrogen) atoms. The lowest BCUT2D eigenvalue weighted by molar-refractivity contribution is 0.108. The van der Waals surface area contributed by atoms with E-state index in [1.807, 2.05) is 42.3 Å². The van der Waals surface area contributed by atoms with Crippen molar-refractivity contribution in [2.24, 2.45) is 5.92 Å². The summed E-state index contributed by atoms with van der Waals surface area (Å²) in [6.07, 6.45) is 4.07. The highest BCUT2D eigenvalue weighted by Gasteiger charge is 2.25. The quantitative estimate of drug-likeness (QED) is 0.832. The highest BCUT2D eigenvalue weighted by molar-refractivity contribution is 5.89. The third-order valence-corrected chi connectivity index (χ3v) is 5.31. The Balaban J connectivity index is 1.35. The van der Waals surface area contributed by atoms with Gasteiger partial charge in [0.2, 0.25) is 0 Å². The van der Waals surface area contributed by atoms with E-state index in [4.69, 9.17) is 4.74 Å². The number of anilines is 1. The van der Waals surface area contributed by atoms with Gasteiger partial charge in [-0.25, -0.2) is 9.59 Å². The van der Waals surface area contributed by atoms with E-state index < -0.39 is 0 Å². The fourth-order valence-corrected chi connectivity index (χ4v) is 3.65. The molecule has 1 unspecified atom stereocenters. The maximum absolute atomic E-state index is 12.3. The molecule has 1 aromatic rings. The maximum Gasteiger partial charge on any atom is 0.321 e. The lowest BCUT2D eigenvalue weighted by Crippen LogP contribution is -2.46. The molecule has 1 aromatic carbocycles. The monoisotopic (exact) mass is 374 g/mol. The van der Waals surface area contributed by atoms with Crippen LogP contribution in [-0.4, -0.2) is 67.8 Å². The van der Waals surface area contributed by atoms with Crippen LogP contribution in [0.4, 0.5) is 15.3 Å². The standard InChI is InChI=1S/C20H30N4O3/c1-23(19(25)21-14-18-8-5-13-27-18)15-16-9-11-24(12-10-16)20(26)22-17-6-3-2-4-7-17/h2-4,6-7,16,18H,5,8-15H2,1H3,(H,21,25)(H,22,26). The Kier molecular flexibility index (Phi) is 6.92. The number of urea groups is 2. The van der Waals surface area contributed by atoms with Crippen LogP contribution in [0, 0.1) is 5.92 Å². The first-order valence-electron chi connectivity index (χ1n) is 9.83. The van der Waals surface area contributed by atoms with Gasteiger partial charge >= 0.3 is 12.1 Å². The zero-order valence-corrected chi connectivity index (χ0v) is 16.0. The predicted octanol–water partition coefficient (Wildman–Crippen LogP) is 2.75. The van der Waals surface area contributed by atoms with Gasteiger partial charge in [-0.1, -0.05) is 18.2 Å². The second kappa shape index (κ2) is 9.60. The van der Waals surface area contributed by atoms with Crippen molar-refractivity contribution in [3.05, 3.63) is 30.3 Å². The average molecular weight is 374 g/mol. The van der Waals surface area contributed by atoms with Crippen LogP contribution in [0.2, 0.25) is 0 Å². The minimum absolute atomic E-state index is 0.0465. The number of amides is 4. The van der Waals surface area contributed by atoms with Crippen molar-refractivity contribution in [3.8, 4) is 0 Å². The average Bonchev–Trinajstić information content (AvgIpc) is 3.21. The lowest BCUT2D eigenvalue weighted by atomic mass is 9.96. The first-order valence-corrected chi connectivity index (χ1v) is 9.83. The largest absolute Gasteiger partial charge is 0.376 e. The summed E-state index contributed by atoms with van der Waals surface area (Å²) in [5.74, 6) is 0.421. The zero-order valence-electron chi connectivity index (χ0n) is 16.0. The number of likely N-dealkylation sites (tertiary alicyclic amines) is 1. The number of carbonyl (C=O) groups excluding carboxylic acids is 2. The highest BCUT2D eigenvalue weighted by Crippen LogP contribution is 2.19. The first kappa shape index (κ1) is 19.5. The van der Waals surface area contributed by atoms with Crippen molar-refractivity contribution in [1.29, 1.82) is 0 Å². The molecule has 2 heterocycles. The third kappa shape index (κ3) is 5.85. The Morgan fingerprint density at radius 1 is 1.19 bits per heavy atom. The number of nitrogens with one attached hydrogen (secondary N) is 2. The zero-order chi connectivity index (χ0) is 19.1. The number of ether oxygens (including phenoxy) is 1. The number of para-hydroxylation sites is 1. The number of nitrogens with zero attached hydrogens (tertiary/aromatic N) is 2. The maximum atomic E-state index is 12.3. The Labute approximate surface area is 161 Å². The summed E-state index contributed by atoms with van der Waals surface area (Å²) in [6, 6.07) is 9.40. The van der Waals surface area contributed by atoms with Gasteiger partial charge in [0.25, 0.3) is 0 Å². The molecule has 2 aliphatic rings. The summed E-state index contributed by atoms with van der Waals surface area (Å²) in [7, 11) is 1.83. The van der Waals surface area contributed by atoms with Crippen molar-refractivity contribution in [1.82, 2.24) is 15.1 Å². The van der Waals surface area contributed by atoms with E-state index >= 15 is 0 Å². The van der Waals surface area contributed by atoms with Gasteiger partial charge in [-0.15, -0.1) is 0 Å². The van der Waals surface area contributed by atoms with Crippen LogP contribution in [0.5, 0.6) is 0 Å². The first-order chi connectivity index (χ1) is 13.1. The summed E-state index contributed by atoms with van der Waals surface area (Å²) >= 11 is 0. The van der Waals surface area contributed by atoms with Crippen molar-refractivity contribution < 1.29 is 14.3 Å². The molecule has 7 heteroatoms. The molecule has 2 saturated heterocycles. The smallest absolute Gasteiger partial charge is 0.321 e. The van der Waals surface area contributed by atoms with Crippen LogP contribution >= 0.6 is 0 Å². The fraction of sp³-hybridized carbons (Fsp3) is 0.600. The molecular weight excluding hydrogens is 344 g/mol. The molecule has 0 aliphatic carbocycles. The number of hydrogen-bond donors (Lipinski definition) is 2. The van der Waals surface area contributed by atoms with Crippen molar-refractivity contribution in [3.63, 3.8) is 0 Å². The topological polar surface area (TPSA) is 73.9 Å². The van der Waals surface area contributed by atoms with E-state index in [9.17, 15) is 9.59 Å². The van der Waals surface area contributed by atoms with Gasteiger partial charge in [-0.2, -0.15) is 0 Å². The Bertz CT molecular complexity index is 611. The Morgan fingerprint density at radius 2 is 1.93 bits per heavy atom. The van der Waals surface area contributed by atoms with Gasteiger partial charge in [0.1, 0.15) is 0 Å². The number of piperidine rings is 1. The van der Waals surface area contributed by atoms with Crippen molar-refractivity contribution in [2.45, 2.75) is 31.8 Å². The van der Waals surface area contributed by atoms with E-state index in [2.05, 4.69) is 10.6 Å². The second-order valence-electron chi connectivity index (χ2n) is 7.43. The number of benzene rings is 1. The molecule has 3 rings (SSSR count). The Morgan fingerprint density at radius 3 is 2.59 bits per heavy atom. The molecule has 0 saturated carbocycles. The van der Waals surface area contributed by atoms with Gasteiger partial charge < -0.3 is 25.2 Å². The molecule has 2 N–H and O–H groups in total. The molecule has 0 spiro atoms. The summed E-state index contributed by atoms with van der Waals surface area (Å²) in [5, 5.41) is 5.89. The van der Waals surface area contributed by atoms with E-state index in [1.165, 1.54) is 0 Å². The van der Waals surface area contributed by atoms with E-state index in [0.717, 1.165) is 38.0 Å². The number of hydrogen-bond acceptors (Lipinski definition) is 3. The molecule has 0 bridgehead atoms. The predicted molar refractivity (Wildman–Crippen MR) is 105 cm³/mol. The lowest BCUT2D eigenvalue weighted by Gasteiger charge is -2.34. The summed E-state index contributed by atoms with van der Waals surface area (Å²) in [5.41, 5.74) is 0.812. The van der Waals surface area contributed by atoms with Gasteiger partial charge in [0, 0.05) is 45.5 Å². The van der Waals surface area contributed by atoms with Gasteiger partial charge in [0.15, 0.2) is 0 Å². The minimum Gasteiger partial charge on any atom is -0.376 e. The molecule has 7 nitrogen and oxygen atoms in total. The second-order valence-corrected chi connectivity index (χ2v) is 7.43. The molecule has 0 aromatic heterocycles. The molecule has 2 aliphatic heterocycles. The molecule has 1 atom stereocenters. The SMILES string of the molecule is CN(CC1CCN(C(=O)Nc2ccccc2)CC1)C(=O)NCC1CCCO1. The van der Waals surface area contributed by atoms with Crippen LogP contribution in [0.15, 0.2) is 30.3 Å². The van der Waals surface area contributed by atoms with Crippen LogP contribution in [0.25, 0.3) is 0 Å². The van der Waals surface area contributed by atoms with Crippen LogP contribution < -0.4 is 10.6 Å². The van der Waals surface area contributed by atoms with Gasteiger partial charge in [-0.05, 0) is 43.7 Å². The molecule has 0 radical (unpaired) electrons. The molecule has 4 amide bonds. The van der Waals surface area contributed by atoms with E-state index in [-0.39, 0.29) is 18.2 Å². The van der Waals surface area contributed by atoms with E-state index in [1.54, 1.807) is 4.90 Å². The van der Waals surface area contributed by atoms with Crippen LogP contribution in [0.3, 0.4) is 0 Å². The fourth-order valence-electron chi connectivity index (χ4n) is 3.65. The third-order valence-electron chi connectivity index (χ3n) is 5.31.